The van der Waals surface area contributed by atoms with Crippen LogP contribution in [0.2, 0.25) is 0 Å². The van der Waals surface area contributed by atoms with Crippen LogP contribution in [0.3, 0.4) is 0 Å². The smallest absolute Gasteiger partial charge is 0.336 e. The summed E-state index contributed by atoms with van der Waals surface area (Å²) in [6.07, 6.45) is 0. The van der Waals surface area contributed by atoms with Gasteiger partial charge in [-0.05, 0) is 54.1 Å². The minimum atomic E-state index is -4.30. The standard InChI is InChI=1S/C32H22N2O6S.Na/c35-32(36)26-9-5-4-8-25(26)31-27-16-12-22(33-20-6-2-1-3-7-20)18-29(27)40-30-19-23(13-17-28(30)31)34-21-10-14-24(15-11-21)41(37,38)39;/h1-19,33H,(H,35,36)(H,37,38,39);/p+1. The van der Waals surface area contributed by atoms with Gasteiger partial charge in [0.2, 0.25) is 11.0 Å². The minimum absolute atomic E-state index is 0. The van der Waals surface area contributed by atoms with Crippen LogP contribution in [-0.2, 0) is 10.1 Å². The summed E-state index contributed by atoms with van der Waals surface area (Å²) in [5.74, 6) is -0.513. The van der Waals surface area contributed by atoms with Crippen molar-refractivity contribution in [1.29, 1.82) is 0 Å². The van der Waals surface area contributed by atoms with Gasteiger partial charge in [-0.25, -0.2) is 9.79 Å². The van der Waals surface area contributed by atoms with Crippen LogP contribution in [0.15, 0.2) is 125 Å². The molecule has 4 aromatic rings. The van der Waals surface area contributed by atoms with Gasteiger partial charge in [0, 0.05) is 81.7 Å². The van der Waals surface area contributed by atoms with E-state index in [2.05, 4.69) is 10.3 Å². The van der Waals surface area contributed by atoms with Gasteiger partial charge in [-0.1, -0.05) is 36.4 Å². The van der Waals surface area contributed by atoms with Crippen molar-refractivity contribution in [2.75, 3.05) is 5.32 Å². The van der Waals surface area contributed by atoms with Crippen molar-refractivity contribution in [2.24, 2.45) is 0 Å². The monoisotopic (exact) mass is 586 g/mol. The van der Waals surface area contributed by atoms with Gasteiger partial charge in [0.1, 0.15) is 11.3 Å². The van der Waals surface area contributed by atoms with E-state index < -0.39 is 16.1 Å². The second-order valence-corrected chi connectivity index (χ2v) is 10.8. The predicted octanol–water partition coefficient (Wildman–Crippen LogP) is 4.83. The fraction of sp³-hybridized carbons (Fsp3) is 0. The maximum atomic E-state index is 12.2. The Hall–Kier alpha value is -4.25. The number of hydrogen-bond acceptors (Lipinski definition) is 5. The van der Waals surface area contributed by atoms with Crippen molar-refractivity contribution < 1.29 is 32.3 Å². The van der Waals surface area contributed by atoms with E-state index in [0.717, 1.165) is 27.9 Å². The van der Waals surface area contributed by atoms with Gasteiger partial charge < -0.3 is 14.8 Å². The van der Waals surface area contributed by atoms with Crippen LogP contribution < -0.4 is 15.7 Å². The van der Waals surface area contributed by atoms with E-state index in [4.69, 9.17) is 4.42 Å². The third kappa shape index (κ3) is 6.01. The van der Waals surface area contributed by atoms with Crippen LogP contribution in [0.1, 0.15) is 10.4 Å². The van der Waals surface area contributed by atoms with Crippen LogP contribution in [-0.4, -0.2) is 53.6 Å². The first-order chi connectivity index (χ1) is 19.8. The SMILES string of the molecule is O=C(O)c1ccccc1-c1c2ccc(=[NH+]c3ccc(S(=O)(=O)O)cc3)cc-2oc2cc(Nc3ccccc3)ccc12.[Na]. The van der Waals surface area contributed by atoms with E-state index >= 15 is 0 Å². The van der Waals surface area contributed by atoms with Crippen LogP contribution in [0.4, 0.5) is 17.1 Å². The number of carboxylic acid groups (broad SMARTS) is 1. The molecule has 1 aliphatic carbocycles. The Morgan fingerprint density at radius 2 is 1.48 bits per heavy atom. The quantitative estimate of drug-likeness (QED) is 0.125. The van der Waals surface area contributed by atoms with E-state index in [1.54, 1.807) is 42.5 Å². The zero-order valence-corrected chi connectivity index (χ0v) is 25.2. The summed E-state index contributed by atoms with van der Waals surface area (Å²) in [7, 11) is -4.30. The fourth-order valence-electron chi connectivity index (χ4n) is 4.79. The number of carbonyl (C=O) groups is 1. The molecule has 10 heteroatoms. The molecule has 2 aliphatic rings. The Balaban J connectivity index is 0.00000353. The number of para-hydroxylation sites is 1. The maximum absolute atomic E-state index is 12.2. The molecule has 0 atom stereocenters. The van der Waals surface area contributed by atoms with E-state index in [1.807, 2.05) is 60.7 Å². The molecule has 1 aliphatic heterocycles. The molecule has 0 aromatic heterocycles. The van der Waals surface area contributed by atoms with Crippen molar-refractivity contribution in [3.05, 3.63) is 126 Å². The summed E-state index contributed by atoms with van der Waals surface area (Å²) < 4.78 is 38.4. The normalized spacial score (nSPS) is 11.8. The van der Waals surface area contributed by atoms with Gasteiger partial charge in [0.15, 0.2) is 0 Å². The number of aromatic carboxylic acids is 1. The molecule has 42 heavy (non-hydrogen) atoms. The number of benzene rings is 5. The van der Waals surface area contributed by atoms with Crippen LogP contribution in [0.25, 0.3) is 33.4 Å². The Morgan fingerprint density at radius 3 is 2.19 bits per heavy atom. The third-order valence-corrected chi connectivity index (χ3v) is 7.52. The molecule has 6 rings (SSSR count). The topological polar surface area (TPSA) is 131 Å². The summed E-state index contributed by atoms with van der Waals surface area (Å²) in [6, 6.07) is 33.5. The Kier molecular flexibility index (Phi) is 8.31. The molecule has 0 saturated carbocycles. The molecule has 1 heterocycles. The summed E-state index contributed by atoms with van der Waals surface area (Å²) in [4.78, 5) is 15.2. The number of fused-ring (bicyclic) bond motifs is 2. The molecule has 4 N–H and O–H groups in total. The van der Waals surface area contributed by atoms with E-state index in [9.17, 15) is 22.9 Å². The van der Waals surface area contributed by atoms with Gasteiger partial charge in [-0.15, -0.1) is 0 Å². The largest absolute Gasteiger partial charge is 0.478 e. The Labute approximate surface area is 263 Å². The predicted molar refractivity (Wildman–Crippen MR) is 161 cm³/mol. The zero-order chi connectivity index (χ0) is 28.6. The molecule has 0 fully saturated rings. The summed E-state index contributed by atoms with van der Waals surface area (Å²) in [5.41, 5.74) is 5.07. The van der Waals surface area contributed by atoms with Crippen LogP contribution in [0, 0.1) is 0 Å². The van der Waals surface area contributed by atoms with Gasteiger partial charge in [0.25, 0.3) is 10.1 Å². The van der Waals surface area contributed by atoms with Gasteiger partial charge in [0.05, 0.1) is 16.5 Å². The zero-order valence-electron chi connectivity index (χ0n) is 22.4. The minimum Gasteiger partial charge on any atom is -0.478 e. The summed E-state index contributed by atoms with van der Waals surface area (Å²) >= 11 is 0. The molecule has 0 spiro atoms. The van der Waals surface area contributed by atoms with Gasteiger partial charge in [-0.2, -0.15) is 8.42 Å². The van der Waals surface area contributed by atoms with Crippen LogP contribution >= 0.6 is 0 Å². The molecule has 203 valence electrons. The molecule has 4 aromatic carbocycles. The number of rotatable bonds is 6. The number of carboxylic acids is 1. The first kappa shape index (κ1) is 29.2. The molecule has 0 saturated heterocycles. The van der Waals surface area contributed by atoms with Crippen molar-refractivity contribution in [1.82, 2.24) is 0 Å². The first-order valence-electron chi connectivity index (χ1n) is 12.6. The molecule has 8 nitrogen and oxygen atoms in total. The second kappa shape index (κ2) is 11.9. The van der Waals surface area contributed by atoms with Crippen molar-refractivity contribution in [3.8, 4) is 22.5 Å². The molecule has 0 bridgehead atoms. The molecular formula is C32H23N2NaO6S+. The Bertz CT molecular complexity index is 2080. The molecule has 1 radical (unpaired) electrons. The summed E-state index contributed by atoms with van der Waals surface area (Å²) in [6.45, 7) is 0. The van der Waals surface area contributed by atoms with Crippen molar-refractivity contribution in [3.63, 3.8) is 0 Å². The maximum Gasteiger partial charge on any atom is 0.336 e. The average molecular weight is 587 g/mol. The summed E-state index contributed by atoms with van der Waals surface area (Å²) in [5, 5.41) is 14.7. The number of hydrogen-bond donors (Lipinski definition) is 4. The fourth-order valence-corrected chi connectivity index (χ4v) is 5.27. The third-order valence-electron chi connectivity index (χ3n) is 6.65. The number of nitrogens with one attached hydrogen (secondary N) is 2. The van der Waals surface area contributed by atoms with Crippen LogP contribution in [0.5, 0.6) is 0 Å². The van der Waals surface area contributed by atoms with Gasteiger partial charge >= 0.3 is 5.97 Å². The Morgan fingerprint density at radius 1 is 0.762 bits per heavy atom. The number of anilines is 2. The molecule has 0 amide bonds. The molecule has 0 unspecified atom stereocenters. The van der Waals surface area contributed by atoms with E-state index in [-0.39, 0.29) is 40.0 Å². The second-order valence-electron chi connectivity index (χ2n) is 9.37. The molecular weight excluding hydrogens is 563 g/mol. The van der Waals surface area contributed by atoms with E-state index in [0.29, 0.717) is 28.0 Å². The van der Waals surface area contributed by atoms with Gasteiger partial charge in [-0.3, -0.25) is 4.55 Å². The van der Waals surface area contributed by atoms with E-state index in [1.165, 1.54) is 12.1 Å². The van der Waals surface area contributed by atoms with Crippen molar-refractivity contribution >= 4 is 73.7 Å². The van der Waals surface area contributed by atoms with Crippen molar-refractivity contribution in [2.45, 2.75) is 4.90 Å². The first-order valence-corrected chi connectivity index (χ1v) is 14.0. The average Bonchev–Trinajstić information content (AvgIpc) is 2.96.